The highest BCUT2D eigenvalue weighted by molar-refractivity contribution is 7.92. The first-order chi connectivity index (χ1) is 8.98. The van der Waals surface area contributed by atoms with Crippen molar-refractivity contribution in [2.24, 2.45) is 0 Å². The molecule has 1 aromatic rings. The van der Waals surface area contributed by atoms with Crippen LogP contribution in [0.5, 0.6) is 0 Å². The van der Waals surface area contributed by atoms with Crippen LogP contribution in [0.15, 0.2) is 24.3 Å². The van der Waals surface area contributed by atoms with Gasteiger partial charge in [0.05, 0.1) is 5.56 Å². The van der Waals surface area contributed by atoms with Crippen molar-refractivity contribution in [3.63, 3.8) is 0 Å². The van der Waals surface area contributed by atoms with Crippen molar-refractivity contribution >= 4 is 27.4 Å². The quantitative estimate of drug-likeness (QED) is 0.901. The van der Waals surface area contributed by atoms with Crippen LogP contribution in [0.2, 0.25) is 0 Å². The molecular formula is C13H17NO5S. The van der Waals surface area contributed by atoms with Gasteiger partial charge >= 0.3 is 5.97 Å². The molecule has 0 bridgehead atoms. The number of rotatable bonds is 4. The van der Waals surface area contributed by atoms with E-state index in [4.69, 9.17) is 5.11 Å². The largest absolute Gasteiger partial charge is 0.478 e. The standard InChI is InChI=1S/C13H17NO5S/c1-13(2,20(4,18)19)12(17)14(3)10-7-5-9(6-8-10)11(15)16/h5-8H,1-4H3,(H,15,16). The van der Waals surface area contributed by atoms with Gasteiger partial charge < -0.3 is 10.0 Å². The van der Waals surface area contributed by atoms with E-state index in [9.17, 15) is 18.0 Å². The molecule has 0 radical (unpaired) electrons. The molecule has 1 aromatic carbocycles. The van der Waals surface area contributed by atoms with Gasteiger partial charge in [-0.3, -0.25) is 4.79 Å². The summed E-state index contributed by atoms with van der Waals surface area (Å²) in [6.07, 6.45) is 1.01. The van der Waals surface area contributed by atoms with Gasteiger partial charge in [0.2, 0.25) is 5.91 Å². The average molecular weight is 299 g/mol. The highest BCUT2D eigenvalue weighted by Crippen LogP contribution is 2.22. The smallest absolute Gasteiger partial charge is 0.335 e. The summed E-state index contributed by atoms with van der Waals surface area (Å²) in [4.78, 5) is 24.2. The fourth-order valence-corrected chi connectivity index (χ4v) is 1.96. The zero-order chi connectivity index (χ0) is 15.7. The Morgan fingerprint density at radius 1 is 1.15 bits per heavy atom. The number of hydrogen-bond acceptors (Lipinski definition) is 4. The molecule has 0 spiro atoms. The Morgan fingerprint density at radius 3 is 1.95 bits per heavy atom. The minimum absolute atomic E-state index is 0.0944. The van der Waals surface area contributed by atoms with E-state index >= 15 is 0 Å². The molecule has 0 heterocycles. The zero-order valence-corrected chi connectivity index (χ0v) is 12.6. The van der Waals surface area contributed by atoms with E-state index in [1.165, 1.54) is 50.1 Å². The molecule has 0 fully saturated rings. The Balaban J connectivity index is 3.09. The van der Waals surface area contributed by atoms with Gasteiger partial charge in [-0.2, -0.15) is 0 Å². The molecule has 0 aliphatic carbocycles. The first-order valence-electron chi connectivity index (χ1n) is 5.79. The maximum Gasteiger partial charge on any atom is 0.335 e. The highest BCUT2D eigenvalue weighted by Gasteiger charge is 2.40. The van der Waals surface area contributed by atoms with Crippen LogP contribution < -0.4 is 4.90 Å². The summed E-state index contributed by atoms with van der Waals surface area (Å²) < 4.78 is 21.7. The van der Waals surface area contributed by atoms with Gasteiger partial charge in [-0.15, -0.1) is 0 Å². The SMILES string of the molecule is CN(C(=O)C(C)(C)S(C)(=O)=O)c1ccc(C(=O)O)cc1. The van der Waals surface area contributed by atoms with Crippen molar-refractivity contribution in [3.05, 3.63) is 29.8 Å². The van der Waals surface area contributed by atoms with Crippen molar-refractivity contribution in [2.45, 2.75) is 18.6 Å². The number of carboxylic acid groups (broad SMARTS) is 1. The summed E-state index contributed by atoms with van der Waals surface area (Å²) in [5.41, 5.74) is 0.522. The number of carboxylic acids is 1. The Kier molecular flexibility index (Phi) is 4.24. The minimum atomic E-state index is -3.56. The summed E-state index contributed by atoms with van der Waals surface area (Å²) in [5, 5.41) is 8.80. The zero-order valence-electron chi connectivity index (χ0n) is 11.7. The second-order valence-corrected chi connectivity index (χ2v) is 7.56. The molecule has 0 aliphatic heterocycles. The lowest BCUT2D eigenvalue weighted by molar-refractivity contribution is -0.120. The number of carbonyl (C=O) groups excluding carboxylic acids is 1. The number of anilines is 1. The Morgan fingerprint density at radius 2 is 1.60 bits per heavy atom. The fourth-order valence-electron chi connectivity index (χ4n) is 1.51. The number of sulfone groups is 1. The summed E-state index contributed by atoms with van der Waals surface area (Å²) >= 11 is 0. The lowest BCUT2D eigenvalue weighted by Gasteiger charge is -2.27. The summed E-state index contributed by atoms with van der Waals surface area (Å²) in [6.45, 7) is 2.68. The minimum Gasteiger partial charge on any atom is -0.478 e. The van der Waals surface area contributed by atoms with Gasteiger partial charge in [-0.1, -0.05) is 0 Å². The molecule has 1 rings (SSSR count). The van der Waals surface area contributed by atoms with E-state index in [0.717, 1.165) is 6.26 Å². The number of benzene rings is 1. The number of carbonyl (C=O) groups is 2. The van der Waals surface area contributed by atoms with Crippen LogP contribution in [0.4, 0.5) is 5.69 Å². The second-order valence-electron chi connectivity index (χ2n) is 5.00. The van der Waals surface area contributed by atoms with Crippen LogP contribution in [-0.2, 0) is 14.6 Å². The van der Waals surface area contributed by atoms with Gasteiger partial charge in [-0.25, -0.2) is 13.2 Å². The molecule has 0 saturated carbocycles. The number of aromatic carboxylic acids is 1. The molecule has 0 saturated heterocycles. The van der Waals surface area contributed by atoms with Crippen LogP contribution in [-0.4, -0.2) is 43.5 Å². The Bertz CT molecular complexity index is 631. The maximum atomic E-state index is 12.3. The number of amides is 1. The monoisotopic (exact) mass is 299 g/mol. The predicted octanol–water partition coefficient (Wildman–Crippen LogP) is 1.17. The molecule has 1 N–H and O–H groups in total. The molecule has 7 heteroatoms. The summed E-state index contributed by atoms with van der Waals surface area (Å²) in [5.74, 6) is -1.65. The van der Waals surface area contributed by atoms with Crippen LogP contribution in [0.1, 0.15) is 24.2 Å². The third kappa shape index (κ3) is 2.98. The fraction of sp³-hybridized carbons (Fsp3) is 0.385. The van der Waals surface area contributed by atoms with E-state index in [1.807, 2.05) is 0 Å². The maximum absolute atomic E-state index is 12.3. The number of nitrogens with zero attached hydrogens (tertiary/aromatic N) is 1. The topological polar surface area (TPSA) is 91.8 Å². The molecule has 20 heavy (non-hydrogen) atoms. The van der Waals surface area contributed by atoms with Crippen molar-refractivity contribution in [1.82, 2.24) is 0 Å². The Labute approximate surface area is 117 Å². The van der Waals surface area contributed by atoms with Crippen LogP contribution in [0, 0.1) is 0 Å². The lowest BCUT2D eigenvalue weighted by atomic mass is 10.1. The van der Waals surface area contributed by atoms with Crippen molar-refractivity contribution in [2.75, 3.05) is 18.2 Å². The Hall–Kier alpha value is -1.89. The number of hydrogen-bond donors (Lipinski definition) is 1. The lowest BCUT2D eigenvalue weighted by Crippen LogP contribution is -2.48. The average Bonchev–Trinajstić information content (AvgIpc) is 2.35. The molecule has 0 aliphatic rings. The normalized spacial score (nSPS) is 12.0. The van der Waals surface area contributed by atoms with Gasteiger partial charge in [0.25, 0.3) is 0 Å². The van der Waals surface area contributed by atoms with E-state index in [0.29, 0.717) is 5.69 Å². The van der Waals surface area contributed by atoms with Crippen molar-refractivity contribution in [1.29, 1.82) is 0 Å². The van der Waals surface area contributed by atoms with Crippen LogP contribution >= 0.6 is 0 Å². The highest BCUT2D eigenvalue weighted by atomic mass is 32.2. The predicted molar refractivity (Wildman–Crippen MR) is 75.7 cm³/mol. The summed E-state index contributed by atoms with van der Waals surface area (Å²) in [6, 6.07) is 5.63. The van der Waals surface area contributed by atoms with Gasteiger partial charge in [0, 0.05) is 19.0 Å². The van der Waals surface area contributed by atoms with Gasteiger partial charge in [0.1, 0.15) is 4.75 Å². The van der Waals surface area contributed by atoms with Crippen molar-refractivity contribution in [3.8, 4) is 0 Å². The molecule has 1 amide bonds. The second kappa shape index (κ2) is 5.24. The third-order valence-electron chi connectivity index (χ3n) is 3.25. The van der Waals surface area contributed by atoms with E-state index in [-0.39, 0.29) is 5.56 Å². The molecule has 0 unspecified atom stereocenters. The molecular weight excluding hydrogens is 282 g/mol. The molecule has 0 aromatic heterocycles. The van der Waals surface area contributed by atoms with E-state index < -0.39 is 26.5 Å². The first-order valence-corrected chi connectivity index (χ1v) is 7.68. The van der Waals surface area contributed by atoms with Crippen molar-refractivity contribution < 1.29 is 23.1 Å². The molecule has 0 atom stereocenters. The van der Waals surface area contributed by atoms with Crippen LogP contribution in [0.25, 0.3) is 0 Å². The van der Waals surface area contributed by atoms with Gasteiger partial charge in [0.15, 0.2) is 9.84 Å². The molecule has 6 nitrogen and oxygen atoms in total. The summed E-state index contributed by atoms with van der Waals surface area (Å²) in [7, 11) is -2.11. The van der Waals surface area contributed by atoms with E-state index in [1.54, 1.807) is 0 Å². The first kappa shape index (κ1) is 16.2. The third-order valence-corrected chi connectivity index (χ3v) is 5.28. The molecule has 110 valence electrons. The van der Waals surface area contributed by atoms with Crippen LogP contribution in [0.3, 0.4) is 0 Å². The van der Waals surface area contributed by atoms with E-state index in [2.05, 4.69) is 0 Å². The van der Waals surface area contributed by atoms with Gasteiger partial charge in [-0.05, 0) is 38.1 Å².